The van der Waals surface area contributed by atoms with E-state index in [0.717, 1.165) is 25.5 Å². The summed E-state index contributed by atoms with van der Waals surface area (Å²) >= 11 is 0. The van der Waals surface area contributed by atoms with E-state index in [1.807, 2.05) is 0 Å². The monoisotopic (exact) mass is 264 g/mol. The standard InChI is InChI=1S/C15H21FN2O/c1-10(2)11-5-3-4-6-14(11)18-15(19)12-7-8-17-9-13(12)16/h7-11,14H,3-6H2,1-2H3,(H,18,19). The van der Waals surface area contributed by atoms with E-state index in [-0.39, 0.29) is 17.5 Å². The van der Waals surface area contributed by atoms with Gasteiger partial charge >= 0.3 is 0 Å². The summed E-state index contributed by atoms with van der Waals surface area (Å²) in [5.41, 5.74) is 0.0862. The fraction of sp³-hybridized carbons (Fsp3) is 0.600. The molecule has 0 bridgehead atoms. The van der Waals surface area contributed by atoms with Crippen LogP contribution in [0.1, 0.15) is 49.9 Å². The lowest BCUT2D eigenvalue weighted by molar-refractivity contribution is 0.0885. The largest absolute Gasteiger partial charge is 0.349 e. The molecule has 1 heterocycles. The number of nitrogens with zero attached hydrogens (tertiary/aromatic N) is 1. The first-order valence-electron chi connectivity index (χ1n) is 7.00. The molecule has 1 aliphatic carbocycles. The van der Waals surface area contributed by atoms with Gasteiger partial charge in [-0.15, -0.1) is 0 Å². The number of carbonyl (C=O) groups excluding carboxylic acids is 1. The average molecular weight is 264 g/mol. The van der Waals surface area contributed by atoms with Gasteiger partial charge in [0.25, 0.3) is 5.91 Å². The molecule has 0 aliphatic heterocycles. The van der Waals surface area contributed by atoms with Crippen molar-refractivity contribution in [3.8, 4) is 0 Å². The van der Waals surface area contributed by atoms with Crippen LogP contribution in [0, 0.1) is 17.7 Å². The second-order valence-corrected chi connectivity index (χ2v) is 5.63. The molecule has 1 aliphatic rings. The third-order valence-corrected chi connectivity index (χ3v) is 4.01. The topological polar surface area (TPSA) is 42.0 Å². The van der Waals surface area contributed by atoms with E-state index in [1.165, 1.54) is 18.7 Å². The van der Waals surface area contributed by atoms with Crippen molar-refractivity contribution in [3.63, 3.8) is 0 Å². The van der Waals surface area contributed by atoms with Crippen LogP contribution in [-0.4, -0.2) is 16.9 Å². The van der Waals surface area contributed by atoms with Crippen LogP contribution in [-0.2, 0) is 0 Å². The van der Waals surface area contributed by atoms with Crippen LogP contribution in [0.25, 0.3) is 0 Å². The highest BCUT2D eigenvalue weighted by Gasteiger charge is 2.29. The Kier molecular flexibility index (Phi) is 4.51. The zero-order valence-corrected chi connectivity index (χ0v) is 11.5. The van der Waals surface area contributed by atoms with Gasteiger partial charge in [-0.3, -0.25) is 9.78 Å². The van der Waals surface area contributed by atoms with Gasteiger partial charge in [0.15, 0.2) is 5.82 Å². The molecule has 104 valence electrons. The molecule has 2 unspecified atom stereocenters. The van der Waals surface area contributed by atoms with Gasteiger partial charge in [0.2, 0.25) is 0 Å². The van der Waals surface area contributed by atoms with Gasteiger partial charge in [0.05, 0.1) is 11.8 Å². The number of hydrogen-bond acceptors (Lipinski definition) is 2. The summed E-state index contributed by atoms with van der Waals surface area (Å²) in [5, 5.41) is 3.00. The Morgan fingerprint density at radius 2 is 2.16 bits per heavy atom. The Bertz CT molecular complexity index is 448. The fourth-order valence-electron chi connectivity index (χ4n) is 2.94. The summed E-state index contributed by atoms with van der Waals surface area (Å²) in [4.78, 5) is 15.8. The summed E-state index contributed by atoms with van der Waals surface area (Å²) in [6, 6.07) is 1.59. The molecule has 1 aromatic heterocycles. The van der Waals surface area contributed by atoms with Crippen LogP contribution < -0.4 is 5.32 Å². The molecular weight excluding hydrogens is 243 g/mol. The smallest absolute Gasteiger partial charge is 0.254 e. The lowest BCUT2D eigenvalue weighted by Gasteiger charge is -2.34. The second-order valence-electron chi connectivity index (χ2n) is 5.63. The van der Waals surface area contributed by atoms with E-state index in [0.29, 0.717) is 11.8 Å². The minimum Gasteiger partial charge on any atom is -0.349 e. The zero-order chi connectivity index (χ0) is 13.8. The fourth-order valence-corrected chi connectivity index (χ4v) is 2.94. The molecule has 2 atom stereocenters. The number of pyridine rings is 1. The number of hydrogen-bond donors (Lipinski definition) is 1. The van der Waals surface area contributed by atoms with Crippen molar-refractivity contribution in [2.24, 2.45) is 11.8 Å². The number of halogens is 1. The number of carbonyl (C=O) groups is 1. The highest BCUT2D eigenvalue weighted by atomic mass is 19.1. The Morgan fingerprint density at radius 3 is 2.84 bits per heavy atom. The molecule has 0 saturated heterocycles. The first-order valence-corrected chi connectivity index (χ1v) is 7.00. The van der Waals surface area contributed by atoms with Gasteiger partial charge in [-0.05, 0) is 30.7 Å². The molecule has 2 rings (SSSR count). The normalized spacial score (nSPS) is 23.4. The van der Waals surface area contributed by atoms with Crippen molar-refractivity contribution in [3.05, 3.63) is 29.8 Å². The maximum absolute atomic E-state index is 13.5. The Balaban J connectivity index is 2.07. The molecule has 0 spiro atoms. The molecule has 1 aromatic rings. The Hall–Kier alpha value is -1.45. The van der Waals surface area contributed by atoms with E-state index < -0.39 is 5.82 Å². The van der Waals surface area contributed by atoms with E-state index in [9.17, 15) is 9.18 Å². The maximum Gasteiger partial charge on any atom is 0.254 e. The molecule has 3 nitrogen and oxygen atoms in total. The first-order chi connectivity index (χ1) is 9.09. The summed E-state index contributed by atoms with van der Waals surface area (Å²) in [6.07, 6.45) is 7.00. The molecule has 1 amide bonds. The quantitative estimate of drug-likeness (QED) is 0.911. The Labute approximate surface area is 113 Å². The van der Waals surface area contributed by atoms with Crippen molar-refractivity contribution in [1.82, 2.24) is 10.3 Å². The number of aromatic nitrogens is 1. The van der Waals surface area contributed by atoms with E-state index >= 15 is 0 Å². The third kappa shape index (κ3) is 3.31. The zero-order valence-electron chi connectivity index (χ0n) is 11.5. The maximum atomic E-state index is 13.5. The van der Waals surface area contributed by atoms with Crippen LogP contribution in [0.5, 0.6) is 0 Å². The van der Waals surface area contributed by atoms with Crippen LogP contribution in [0.3, 0.4) is 0 Å². The SMILES string of the molecule is CC(C)C1CCCCC1NC(=O)c1ccncc1F. The van der Waals surface area contributed by atoms with Gasteiger partial charge in [0.1, 0.15) is 0 Å². The van der Waals surface area contributed by atoms with E-state index in [4.69, 9.17) is 0 Å². The van der Waals surface area contributed by atoms with Gasteiger partial charge in [0, 0.05) is 12.2 Å². The molecule has 0 aromatic carbocycles. The van der Waals surface area contributed by atoms with E-state index in [2.05, 4.69) is 24.1 Å². The molecule has 0 radical (unpaired) electrons. The molecule has 4 heteroatoms. The summed E-state index contributed by atoms with van der Waals surface area (Å²) in [6.45, 7) is 4.37. The van der Waals surface area contributed by atoms with Gasteiger partial charge in [-0.25, -0.2) is 4.39 Å². The molecule has 19 heavy (non-hydrogen) atoms. The second kappa shape index (κ2) is 6.13. The van der Waals surface area contributed by atoms with Crippen molar-refractivity contribution in [2.75, 3.05) is 0 Å². The minimum atomic E-state index is -0.558. The van der Waals surface area contributed by atoms with Crippen molar-refractivity contribution < 1.29 is 9.18 Å². The third-order valence-electron chi connectivity index (χ3n) is 4.01. The van der Waals surface area contributed by atoms with Crippen LogP contribution in [0.4, 0.5) is 4.39 Å². The van der Waals surface area contributed by atoms with Crippen molar-refractivity contribution in [1.29, 1.82) is 0 Å². The number of amides is 1. The molecule has 1 N–H and O–H groups in total. The summed E-state index contributed by atoms with van der Waals surface area (Å²) < 4.78 is 13.5. The predicted molar refractivity (Wildman–Crippen MR) is 72.2 cm³/mol. The predicted octanol–water partition coefficient (Wildman–Crippen LogP) is 3.17. The van der Waals surface area contributed by atoms with E-state index in [1.54, 1.807) is 0 Å². The molecule has 1 fully saturated rings. The van der Waals surface area contributed by atoms with Crippen LogP contribution in [0.2, 0.25) is 0 Å². The first kappa shape index (κ1) is 14.0. The van der Waals surface area contributed by atoms with Gasteiger partial charge in [-0.2, -0.15) is 0 Å². The summed E-state index contributed by atoms with van der Waals surface area (Å²) in [7, 11) is 0. The number of nitrogens with one attached hydrogen (secondary N) is 1. The van der Waals surface area contributed by atoms with Crippen LogP contribution in [0.15, 0.2) is 18.5 Å². The van der Waals surface area contributed by atoms with Crippen molar-refractivity contribution in [2.45, 2.75) is 45.6 Å². The lowest BCUT2D eigenvalue weighted by atomic mass is 9.78. The van der Waals surface area contributed by atoms with Crippen molar-refractivity contribution >= 4 is 5.91 Å². The van der Waals surface area contributed by atoms with Crippen LogP contribution >= 0.6 is 0 Å². The highest BCUT2D eigenvalue weighted by Crippen LogP contribution is 2.30. The van der Waals surface area contributed by atoms with Gasteiger partial charge in [-0.1, -0.05) is 26.7 Å². The minimum absolute atomic E-state index is 0.0862. The Morgan fingerprint density at radius 1 is 1.42 bits per heavy atom. The molecule has 1 saturated carbocycles. The highest BCUT2D eigenvalue weighted by molar-refractivity contribution is 5.94. The molecular formula is C15H21FN2O. The average Bonchev–Trinajstić information content (AvgIpc) is 2.39. The van der Waals surface area contributed by atoms with Gasteiger partial charge < -0.3 is 5.32 Å². The lowest BCUT2D eigenvalue weighted by Crippen LogP contribution is -2.44. The summed E-state index contributed by atoms with van der Waals surface area (Å²) in [5.74, 6) is 0.143. The number of rotatable bonds is 3.